The van der Waals surface area contributed by atoms with Gasteiger partial charge in [-0.3, -0.25) is 0 Å². The summed E-state index contributed by atoms with van der Waals surface area (Å²) in [7, 11) is 1.61. The third-order valence-corrected chi connectivity index (χ3v) is 5.61. The quantitative estimate of drug-likeness (QED) is 0.421. The fraction of sp³-hybridized carbons (Fsp3) is 0.348. The van der Waals surface area contributed by atoms with Crippen molar-refractivity contribution in [2.24, 2.45) is 5.92 Å². The molecule has 0 radical (unpaired) electrons. The summed E-state index contributed by atoms with van der Waals surface area (Å²) in [4.78, 5) is 12.4. The Morgan fingerprint density at radius 3 is 2.79 bits per heavy atom. The molecule has 154 valence electrons. The second kappa shape index (κ2) is 10.2. The predicted molar refractivity (Wildman–Crippen MR) is 120 cm³/mol. The number of anilines is 1. The molecule has 2 amide bonds. The molecule has 0 aliphatic carbocycles. The van der Waals surface area contributed by atoms with E-state index in [1.165, 1.54) is 10.1 Å². The van der Waals surface area contributed by atoms with E-state index in [1.54, 1.807) is 36.6 Å². The molecule has 3 rings (SSSR count). The number of amides is 2. The first-order valence-corrected chi connectivity index (χ1v) is 10.8. The lowest BCUT2D eigenvalue weighted by Crippen LogP contribution is -2.28. The van der Waals surface area contributed by atoms with E-state index in [2.05, 4.69) is 42.0 Å². The van der Waals surface area contributed by atoms with Crippen LogP contribution in [0.4, 0.5) is 10.5 Å². The second-order valence-electron chi connectivity index (χ2n) is 7.31. The van der Waals surface area contributed by atoms with Gasteiger partial charge < -0.3 is 20.1 Å². The van der Waals surface area contributed by atoms with Crippen LogP contribution in [0.1, 0.15) is 32.3 Å². The Bertz CT molecular complexity index is 952. The van der Waals surface area contributed by atoms with E-state index in [4.69, 9.17) is 9.47 Å². The van der Waals surface area contributed by atoms with Gasteiger partial charge in [0.25, 0.3) is 0 Å². The maximum atomic E-state index is 12.4. The summed E-state index contributed by atoms with van der Waals surface area (Å²) in [6.07, 6.45) is 2.09. The van der Waals surface area contributed by atoms with Crippen molar-refractivity contribution in [3.8, 4) is 11.5 Å². The number of nitrogens with one attached hydrogen (secondary N) is 2. The highest BCUT2D eigenvalue weighted by Gasteiger charge is 2.09. The van der Waals surface area contributed by atoms with E-state index >= 15 is 0 Å². The smallest absolute Gasteiger partial charge is 0.319 e. The van der Waals surface area contributed by atoms with Crippen molar-refractivity contribution >= 4 is 33.1 Å². The largest absolute Gasteiger partial charge is 0.493 e. The average Bonchev–Trinajstić information content (AvgIpc) is 3.19. The van der Waals surface area contributed by atoms with E-state index in [9.17, 15) is 4.79 Å². The van der Waals surface area contributed by atoms with Crippen LogP contribution in [0.25, 0.3) is 10.1 Å². The number of carbonyl (C=O) groups is 1. The Labute approximate surface area is 176 Å². The summed E-state index contributed by atoms with van der Waals surface area (Å²) in [5, 5.41) is 9.06. The van der Waals surface area contributed by atoms with Crippen molar-refractivity contribution in [1.29, 1.82) is 0 Å². The fourth-order valence-electron chi connectivity index (χ4n) is 3.09. The van der Waals surface area contributed by atoms with Crippen LogP contribution >= 0.6 is 11.3 Å². The molecule has 0 atom stereocenters. The van der Waals surface area contributed by atoms with Crippen molar-refractivity contribution < 1.29 is 14.3 Å². The summed E-state index contributed by atoms with van der Waals surface area (Å²) >= 11 is 1.68. The van der Waals surface area contributed by atoms with E-state index in [-0.39, 0.29) is 6.03 Å². The lowest BCUT2D eigenvalue weighted by atomic mass is 10.1. The van der Waals surface area contributed by atoms with Crippen LogP contribution in [-0.2, 0) is 6.54 Å². The molecular formula is C23H28N2O3S. The van der Waals surface area contributed by atoms with Gasteiger partial charge in [-0.25, -0.2) is 4.79 Å². The van der Waals surface area contributed by atoms with Crippen LogP contribution < -0.4 is 20.1 Å². The Balaban J connectivity index is 1.58. The highest BCUT2D eigenvalue weighted by atomic mass is 32.1. The molecular weight excluding hydrogens is 384 g/mol. The topological polar surface area (TPSA) is 59.6 Å². The molecule has 2 aromatic carbocycles. The Kier molecular flexibility index (Phi) is 7.36. The Morgan fingerprint density at radius 1 is 1.14 bits per heavy atom. The second-order valence-corrected chi connectivity index (χ2v) is 8.23. The van der Waals surface area contributed by atoms with Gasteiger partial charge in [-0.2, -0.15) is 0 Å². The zero-order valence-corrected chi connectivity index (χ0v) is 18.0. The first kappa shape index (κ1) is 21.0. The molecule has 0 saturated carbocycles. The van der Waals surface area contributed by atoms with Gasteiger partial charge in [0.15, 0.2) is 11.5 Å². The number of urea groups is 1. The minimum absolute atomic E-state index is 0.255. The first-order chi connectivity index (χ1) is 14.1. The summed E-state index contributed by atoms with van der Waals surface area (Å²) < 4.78 is 12.4. The highest BCUT2D eigenvalue weighted by Crippen LogP contribution is 2.30. The molecule has 1 aromatic heterocycles. The molecule has 0 unspecified atom stereocenters. The first-order valence-electron chi connectivity index (χ1n) is 9.87. The van der Waals surface area contributed by atoms with Crippen LogP contribution in [0.3, 0.4) is 0 Å². The zero-order valence-electron chi connectivity index (χ0n) is 17.2. The summed E-state index contributed by atoms with van der Waals surface area (Å²) in [6, 6.07) is 13.4. The van der Waals surface area contributed by atoms with Crippen LogP contribution in [0.15, 0.2) is 47.8 Å². The molecule has 0 aliphatic rings. The highest BCUT2D eigenvalue weighted by molar-refractivity contribution is 7.17. The van der Waals surface area contributed by atoms with Gasteiger partial charge >= 0.3 is 6.03 Å². The molecule has 3 aromatic rings. The molecule has 1 heterocycles. The number of hydrogen-bond donors (Lipinski definition) is 2. The average molecular weight is 413 g/mol. The third-order valence-electron chi connectivity index (χ3n) is 4.60. The van der Waals surface area contributed by atoms with Gasteiger partial charge in [-0.05, 0) is 53.3 Å². The number of hydrogen-bond acceptors (Lipinski definition) is 4. The molecule has 2 N–H and O–H groups in total. The zero-order chi connectivity index (χ0) is 20.6. The molecule has 0 fully saturated rings. The van der Waals surface area contributed by atoms with Crippen molar-refractivity contribution in [3.05, 3.63) is 53.4 Å². The van der Waals surface area contributed by atoms with E-state index in [0.29, 0.717) is 36.3 Å². The number of benzene rings is 2. The van der Waals surface area contributed by atoms with Crippen LogP contribution in [0, 0.1) is 5.92 Å². The number of thiophene rings is 1. The Morgan fingerprint density at radius 2 is 2.00 bits per heavy atom. The van der Waals surface area contributed by atoms with Gasteiger partial charge in [-0.1, -0.05) is 32.0 Å². The standard InChI is InChI=1S/C23H28N2O3S/c1-16(2)6-5-12-28-21-14-19(9-10-20(21)27-3)25-23(26)24-15-18-8-4-7-17-11-13-29-22(17)18/h4,7-11,13-14,16H,5-6,12,15H2,1-3H3,(H2,24,25,26). The molecule has 6 heteroatoms. The fourth-order valence-corrected chi connectivity index (χ4v) is 4.00. The van der Waals surface area contributed by atoms with Crippen molar-refractivity contribution in [2.45, 2.75) is 33.2 Å². The van der Waals surface area contributed by atoms with E-state index in [0.717, 1.165) is 18.4 Å². The number of carbonyl (C=O) groups excluding carboxylic acids is 1. The lowest BCUT2D eigenvalue weighted by molar-refractivity contribution is 0.251. The summed E-state index contributed by atoms with van der Waals surface area (Å²) in [5.74, 6) is 1.94. The molecule has 5 nitrogen and oxygen atoms in total. The van der Waals surface area contributed by atoms with Gasteiger partial charge in [0.2, 0.25) is 0 Å². The van der Waals surface area contributed by atoms with Gasteiger partial charge in [0.1, 0.15) is 0 Å². The Hall–Kier alpha value is -2.73. The van der Waals surface area contributed by atoms with Crippen LogP contribution in [-0.4, -0.2) is 19.7 Å². The van der Waals surface area contributed by atoms with Gasteiger partial charge in [0.05, 0.1) is 13.7 Å². The van der Waals surface area contributed by atoms with Crippen molar-refractivity contribution in [2.75, 3.05) is 19.0 Å². The number of methoxy groups -OCH3 is 1. The molecule has 29 heavy (non-hydrogen) atoms. The number of ether oxygens (including phenoxy) is 2. The van der Waals surface area contributed by atoms with E-state index in [1.807, 2.05) is 12.1 Å². The summed E-state index contributed by atoms with van der Waals surface area (Å²) in [5.41, 5.74) is 1.77. The van der Waals surface area contributed by atoms with Crippen LogP contribution in [0.5, 0.6) is 11.5 Å². The summed E-state index contributed by atoms with van der Waals surface area (Å²) in [6.45, 7) is 5.48. The van der Waals surface area contributed by atoms with Crippen LogP contribution in [0.2, 0.25) is 0 Å². The van der Waals surface area contributed by atoms with Gasteiger partial charge in [0, 0.05) is 23.0 Å². The monoisotopic (exact) mass is 412 g/mol. The molecule has 0 saturated heterocycles. The SMILES string of the molecule is COc1ccc(NC(=O)NCc2cccc3ccsc23)cc1OCCCC(C)C. The predicted octanol–water partition coefficient (Wildman–Crippen LogP) is 6.05. The normalized spacial score (nSPS) is 10.9. The molecule has 0 bridgehead atoms. The third kappa shape index (κ3) is 5.87. The van der Waals surface area contributed by atoms with Gasteiger partial charge in [-0.15, -0.1) is 11.3 Å². The minimum Gasteiger partial charge on any atom is -0.493 e. The molecule has 0 aliphatic heterocycles. The lowest BCUT2D eigenvalue weighted by Gasteiger charge is -2.14. The van der Waals surface area contributed by atoms with Crippen molar-refractivity contribution in [3.63, 3.8) is 0 Å². The van der Waals surface area contributed by atoms with Crippen molar-refractivity contribution in [1.82, 2.24) is 5.32 Å². The number of rotatable bonds is 9. The molecule has 0 spiro atoms. The minimum atomic E-state index is -0.255. The maximum absolute atomic E-state index is 12.4. The maximum Gasteiger partial charge on any atom is 0.319 e. The number of fused-ring (bicyclic) bond motifs is 1. The van der Waals surface area contributed by atoms with E-state index < -0.39 is 0 Å².